The van der Waals surface area contributed by atoms with E-state index in [0.29, 0.717) is 5.56 Å². The second kappa shape index (κ2) is 3.68. The van der Waals surface area contributed by atoms with E-state index in [1.54, 1.807) is 35.8 Å². The van der Waals surface area contributed by atoms with Crippen LogP contribution in [0.4, 0.5) is 4.48 Å². The summed E-state index contributed by atoms with van der Waals surface area (Å²) in [7, 11) is 0. The van der Waals surface area contributed by atoms with Gasteiger partial charge in [0.15, 0.2) is 0 Å². The summed E-state index contributed by atoms with van der Waals surface area (Å²) in [4.78, 5) is 10.8. The van der Waals surface area contributed by atoms with Crippen molar-refractivity contribution < 1.29 is 9.28 Å². The predicted octanol–water partition coefficient (Wildman–Crippen LogP) is 0.806. The van der Waals surface area contributed by atoms with Gasteiger partial charge in [0.1, 0.15) is 0 Å². The van der Waals surface area contributed by atoms with E-state index in [9.17, 15) is 9.28 Å². The molecule has 0 fully saturated rings. The van der Waals surface area contributed by atoms with Crippen LogP contribution in [0.3, 0.4) is 0 Å². The number of rotatable bonds is 2. The summed E-state index contributed by atoms with van der Waals surface area (Å²) in [5, 5.41) is 0. The van der Waals surface area contributed by atoms with Gasteiger partial charge in [0.05, 0.1) is 0 Å². The molecule has 0 aliphatic heterocycles. The summed E-state index contributed by atoms with van der Waals surface area (Å²) in [5.41, 5.74) is 3.29. The highest BCUT2D eigenvalue weighted by molar-refractivity contribution is 5.93. The van der Waals surface area contributed by atoms with Gasteiger partial charge in [0.25, 0.3) is 5.91 Å². The van der Waals surface area contributed by atoms with Gasteiger partial charge in [-0.3, -0.25) is 10.2 Å². The summed E-state index contributed by atoms with van der Waals surface area (Å²) >= 11 is 0. The van der Waals surface area contributed by atoms with Crippen molar-refractivity contribution in [2.75, 3.05) is 0 Å². The van der Waals surface area contributed by atoms with Gasteiger partial charge in [0, 0.05) is 5.56 Å². The minimum Gasteiger partial charge on any atom is -0.268 e. The maximum absolute atomic E-state index is 11.3. The van der Waals surface area contributed by atoms with Crippen LogP contribution in [-0.4, -0.2) is 5.91 Å². The van der Waals surface area contributed by atoms with E-state index in [1.165, 1.54) is 0 Å². The predicted molar refractivity (Wildman–Crippen MR) is 38.2 cm³/mol. The molecule has 1 amide bonds. The molecule has 1 aromatic carbocycles. The van der Waals surface area contributed by atoms with Crippen molar-refractivity contribution in [2.24, 2.45) is 0 Å². The van der Waals surface area contributed by atoms with E-state index in [-0.39, 0.29) is 0 Å². The number of carbonyl (C=O) groups is 1. The average molecular weight is 154 g/mol. The normalized spacial score (nSPS) is 9.18. The highest BCUT2D eigenvalue weighted by atomic mass is 19.2. The van der Waals surface area contributed by atoms with Gasteiger partial charge in [-0.15, -0.1) is 4.48 Å². The first kappa shape index (κ1) is 7.68. The largest absolute Gasteiger partial charge is 0.268 e. The molecule has 11 heavy (non-hydrogen) atoms. The Morgan fingerprint density at radius 3 is 2.45 bits per heavy atom. The van der Waals surface area contributed by atoms with Crippen LogP contribution in [0.25, 0.3) is 0 Å². The molecule has 3 nitrogen and oxygen atoms in total. The fourth-order valence-corrected chi connectivity index (χ4v) is 0.705. The average Bonchev–Trinajstić information content (AvgIpc) is 2.07. The van der Waals surface area contributed by atoms with Crippen molar-refractivity contribution in [1.29, 1.82) is 0 Å². The number of hydrogen-bond donors (Lipinski definition) is 2. The summed E-state index contributed by atoms with van der Waals surface area (Å²) in [6.45, 7) is 0. The zero-order chi connectivity index (χ0) is 8.10. The van der Waals surface area contributed by atoms with Crippen LogP contribution in [0.2, 0.25) is 0 Å². The van der Waals surface area contributed by atoms with Crippen molar-refractivity contribution >= 4 is 5.91 Å². The van der Waals surface area contributed by atoms with Crippen LogP contribution in [-0.2, 0) is 0 Å². The third-order valence-electron chi connectivity index (χ3n) is 1.20. The number of hydrazine groups is 1. The fraction of sp³-hybridized carbons (Fsp3) is 0. The lowest BCUT2D eigenvalue weighted by Gasteiger charge is -1.98. The zero-order valence-electron chi connectivity index (χ0n) is 5.67. The standard InChI is InChI=1S/C7H7FN2O/c8-10-9-7(11)6-4-2-1-3-5-6/h1-5,10H,(H,9,11). The van der Waals surface area contributed by atoms with Gasteiger partial charge in [-0.1, -0.05) is 23.8 Å². The second-order valence-electron chi connectivity index (χ2n) is 1.91. The molecule has 2 N–H and O–H groups in total. The summed E-state index contributed by atoms with van der Waals surface area (Å²) < 4.78 is 11.3. The molecule has 0 heterocycles. The van der Waals surface area contributed by atoms with Crippen molar-refractivity contribution in [3.8, 4) is 0 Å². The van der Waals surface area contributed by atoms with E-state index >= 15 is 0 Å². The molecular weight excluding hydrogens is 147 g/mol. The molecule has 0 bridgehead atoms. The number of halogens is 1. The van der Waals surface area contributed by atoms with Gasteiger partial charge >= 0.3 is 0 Å². The van der Waals surface area contributed by atoms with Crippen LogP contribution in [0.15, 0.2) is 30.3 Å². The molecule has 58 valence electrons. The number of carbonyl (C=O) groups excluding carboxylic acids is 1. The molecule has 0 saturated carbocycles. The van der Waals surface area contributed by atoms with Crippen LogP contribution in [0.5, 0.6) is 0 Å². The Balaban J connectivity index is 2.69. The first-order valence-electron chi connectivity index (χ1n) is 3.05. The van der Waals surface area contributed by atoms with Crippen molar-refractivity contribution in [3.63, 3.8) is 0 Å². The smallest absolute Gasteiger partial charge is 0.267 e. The Bertz CT molecular complexity index is 237. The van der Waals surface area contributed by atoms with Gasteiger partial charge in [-0.2, -0.15) is 0 Å². The molecular formula is C7H7FN2O. The number of nitrogens with one attached hydrogen (secondary N) is 2. The molecule has 0 aliphatic carbocycles. The Hall–Kier alpha value is -1.42. The molecule has 1 rings (SSSR count). The van der Waals surface area contributed by atoms with E-state index < -0.39 is 5.91 Å². The van der Waals surface area contributed by atoms with Crippen molar-refractivity contribution in [3.05, 3.63) is 35.9 Å². The minimum absolute atomic E-state index is 0.414. The highest BCUT2D eigenvalue weighted by Gasteiger charge is 2.00. The molecule has 0 radical (unpaired) electrons. The first-order chi connectivity index (χ1) is 5.34. The highest BCUT2D eigenvalue weighted by Crippen LogP contribution is 1.96. The maximum atomic E-state index is 11.3. The Kier molecular flexibility index (Phi) is 2.57. The Morgan fingerprint density at radius 1 is 1.27 bits per heavy atom. The second-order valence-corrected chi connectivity index (χ2v) is 1.91. The zero-order valence-corrected chi connectivity index (χ0v) is 5.67. The van der Waals surface area contributed by atoms with Crippen molar-refractivity contribution in [1.82, 2.24) is 11.1 Å². The van der Waals surface area contributed by atoms with E-state index in [1.807, 2.05) is 0 Å². The molecule has 0 atom stereocenters. The molecule has 4 heteroatoms. The quantitative estimate of drug-likeness (QED) is 0.488. The third-order valence-corrected chi connectivity index (χ3v) is 1.20. The molecule has 0 aromatic heterocycles. The number of benzene rings is 1. The molecule has 0 aliphatic rings. The van der Waals surface area contributed by atoms with Crippen LogP contribution in [0.1, 0.15) is 10.4 Å². The van der Waals surface area contributed by atoms with Crippen LogP contribution >= 0.6 is 0 Å². The number of amides is 1. The monoisotopic (exact) mass is 154 g/mol. The first-order valence-corrected chi connectivity index (χ1v) is 3.05. The van der Waals surface area contributed by atoms with Gasteiger partial charge in [0.2, 0.25) is 0 Å². The lowest BCUT2D eigenvalue weighted by molar-refractivity contribution is 0.0881. The summed E-state index contributed by atoms with van der Waals surface area (Å²) in [6, 6.07) is 8.36. The molecule has 0 spiro atoms. The fourth-order valence-electron chi connectivity index (χ4n) is 0.705. The summed E-state index contributed by atoms with van der Waals surface area (Å²) in [6.07, 6.45) is 0. The van der Waals surface area contributed by atoms with E-state index in [2.05, 4.69) is 0 Å². The number of hydrogen-bond acceptors (Lipinski definition) is 2. The third kappa shape index (κ3) is 2.01. The SMILES string of the molecule is O=C(NNF)c1ccccc1. The Morgan fingerprint density at radius 2 is 1.91 bits per heavy atom. The topological polar surface area (TPSA) is 41.1 Å². The van der Waals surface area contributed by atoms with Gasteiger partial charge < -0.3 is 0 Å². The Labute approximate surface area is 63.1 Å². The minimum atomic E-state index is -0.493. The lowest BCUT2D eigenvalue weighted by Crippen LogP contribution is -2.31. The van der Waals surface area contributed by atoms with Crippen molar-refractivity contribution in [2.45, 2.75) is 0 Å². The van der Waals surface area contributed by atoms with Gasteiger partial charge in [-0.25, -0.2) is 0 Å². The van der Waals surface area contributed by atoms with Crippen LogP contribution in [0, 0.1) is 0 Å². The van der Waals surface area contributed by atoms with Gasteiger partial charge in [-0.05, 0) is 12.1 Å². The molecule has 1 aromatic rings. The van der Waals surface area contributed by atoms with E-state index in [0.717, 1.165) is 5.65 Å². The molecule has 0 unspecified atom stereocenters. The van der Waals surface area contributed by atoms with Crippen LogP contribution < -0.4 is 11.1 Å². The lowest BCUT2D eigenvalue weighted by atomic mass is 10.2. The maximum Gasteiger partial charge on any atom is 0.267 e. The molecule has 0 saturated heterocycles. The van der Waals surface area contributed by atoms with E-state index in [4.69, 9.17) is 0 Å². The summed E-state index contributed by atoms with van der Waals surface area (Å²) in [5.74, 6) is -0.493.